The monoisotopic (exact) mass is 285 g/mol. The second-order valence-electron chi connectivity index (χ2n) is 5.61. The number of hydrogen-bond acceptors (Lipinski definition) is 2. The molecule has 0 amide bonds. The molecule has 1 aliphatic rings. The predicted octanol–water partition coefficient (Wildman–Crippen LogP) is 4.60. The number of fused-ring (bicyclic) bond motifs is 1. The van der Waals surface area contributed by atoms with Crippen LogP contribution in [0.5, 0.6) is 0 Å². The highest BCUT2D eigenvalue weighted by molar-refractivity contribution is 7.99. The second-order valence-corrected chi connectivity index (χ2v) is 7.18. The quantitative estimate of drug-likeness (QED) is 0.861. The van der Waals surface area contributed by atoms with Crippen LogP contribution in [0.1, 0.15) is 31.7 Å². The lowest BCUT2D eigenvalue weighted by atomic mass is 10.0. The molecule has 0 radical (unpaired) electrons. The van der Waals surface area contributed by atoms with E-state index in [4.69, 9.17) is 0 Å². The van der Waals surface area contributed by atoms with Gasteiger partial charge >= 0.3 is 0 Å². The van der Waals surface area contributed by atoms with Crippen molar-refractivity contribution in [1.29, 1.82) is 0 Å². The summed E-state index contributed by atoms with van der Waals surface area (Å²) in [6.45, 7) is 3.26. The Morgan fingerprint density at radius 3 is 2.85 bits per heavy atom. The zero-order valence-corrected chi connectivity index (χ0v) is 13.0. The smallest absolute Gasteiger partial charge is 0.0214 e. The van der Waals surface area contributed by atoms with E-state index in [1.54, 1.807) is 0 Å². The first-order valence-corrected chi connectivity index (χ1v) is 8.73. The molecule has 1 aliphatic carbocycles. The van der Waals surface area contributed by atoms with Crippen molar-refractivity contribution in [2.45, 2.75) is 44.0 Å². The van der Waals surface area contributed by atoms with Crippen LogP contribution in [0.4, 0.5) is 0 Å². The third-order valence-electron chi connectivity index (χ3n) is 4.25. The SMILES string of the molecule is CCSC1CCC(NCc2cccc3ccccc23)C1. The van der Waals surface area contributed by atoms with Crippen molar-refractivity contribution in [1.82, 2.24) is 5.32 Å². The molecule has 1 fully saturated rings. The lowest BCUT2D eigenvalue weighted by Crippen LogP contribution is -2.26. The first-order chi connectivity index (χ1) is 9.86. The van der Waals surface area contributed by atoms with Gasteiger partial charge in [-0.15, -0.1) is 0 Å². The van der Waals surface area contributed by atoms with E-state index in [0.29, 0.717) is 6.04 Å². The number of rotatable bonds is 5. The van der Waals surface area contributed by atoms with Gasteiger partial charge in [-0.1, -0.05) is 49.4 Å². The first kappa shape index (κ1) is 14.0. The van der Waals surface area contributed by atoms with Crippen molar-refractivity contribution in [3.63, 3.8) is 0 Å². The van der Waals surface area contributed by atoms with E-state index in [-0.39, 0.29) is 0 Å². The summed E-state index contributed by atoms with van der Waals surface area (Å²) >= 11 is 2.13. The molecule has 106 valence electrons. The van der Waals surface area contributed by atoms with Gasteiger partial charge in [0.05, 0.1) is 0 Å². The molecule has 0 spiro atoms. The molecule has 2 aromatic rings. The molecule has 0 aromatic heterocycles. The fourth-order valence-electron chi connectivity index (χ4n) is 3.21. The molecule has 0 heterocycles. The molecule has 0 aliphatic heterocycles. The van der Waals surface area contributed by atoms with Crippen molar-refractivity contribution >= 4 is 22.5 Å². The van der Waals surface area contributed by atoms with Crippen LogP contribution < -0.4 is 5.32 Å². The van der Waals surface area contributed by atoms with E-state index >= 15 is 0 Å². The highest BCUT2D eigenvalue weighted by atomic mass is 32.2. The van der Waals surface area contributed by atoms with Gasteiger partial charge in [-0.3, -0.25) is 0 Å². The van der Waals surface area contributed by atoms with Crippen molar-refractivity contribution in [3.8, 4) is 0 Å². The Morgan fingerprint density at radius 2 is 1.95 bits per heavy atom. The van der Waals surface area contributed by atoms with Crippen molar-refractivity contribution < 1.29 is 0 Å². The maximum absolute atomic E-state index is 3.77. The van der Waals surface area contributed by atoms with Crippen molar-refractivity contribution in [2.24, 2.45) is 0 Å². The molecule has 1 saturated carbocycles. The predicted molar refractivity (Wildman–Crippen MR) is 90.3 cm³/mol. The molecule has 2 atom stereocenters. The molecule has 0 bridgehead atoms. The third kappa shape index (κ3) is 3.18. The summed E-state index contributed by atoms with van der Waals surface area (Å²) in [6.07, 6.45) is 4.05. The van der Waals surface area contributed by atoms with Gasteiger partial charge in [0.25, 0.3) is 0 Å². The van der Waals surface area contributed by atoms with Crippen LogP contribution in [-0.2, 0) is 6.54 Å². The Balaban J connectivity index is 1.63. The maximum atomic E-state index is 3.77. The molecule has 1 nitrogen and oxygen atoms in total. The Bertz CT molecular complexity index is 561. The normalized spacial score (nSPS) is 22.4. The highest BCUT2D eigenvalue weighted by Crippen LogP contribution is 2.30. The average Bonchev–Trinajstić information content (AvgIpc) is 2.93. The molecule has 2 unspecified atom stereocenters. The van der Waals surface area contributed by atoms with Crippen LogP contribution in [0.15, 0.2) is 42.5 Å². The molecule has 20 heavy (non-hydrogen) atoms. The van der Waals surface area contributed by atoms with Gasteiger partial charge in [-0.25, -0.2) is 0 Å². The minimum atomic E-state index is 0.706. The summed E-state index contributed by atoms with van der Waals surface area (Å²) in [7, 11) is 0. The van der Waals surface area contributed by atoms with E-state index in [2.05, 4.69) is 66.5 Å². The van der Waals surface area contributed by atoms with Crippen molar-refractivity contribution in [3.05, 3.63) is 48.0 Å². The van der Waals surface area contributed by atoms with Gasteiger partial charge in [0.1, 0.15) is 0 Å². The van der Waals surface area contributed by atoms with Crippen LogP contribution >= 0.6 is 11.8 Å². The van der Waals surface area contributed by atoms with Crippen LogP contribution in [0.3, 0.4) is 0 Å². The number of benzene rings is 2. The standard InChI is InChI=1S/C18H23NS/c1-2-20-17-11-10-16(12-17)19-13-15-8-5-7-14-6-3-4-9-18(14)15/h3-9,16-17,19H,2,10-13H2,1H3. The molecule has 2 heteroatoms. The number of hydrogen-bond donors (Lipinski definition) is 1. The molecule has 2 aromatic carbocycles. The Hall–Kier alpha value is -0.990. The van der Waals surface area contributed by atoms with Gasteiger partial charge in [-0.2, -0.15) is 11.8 Å². The van der Waals surface area contributed by atoms with E-state index in [0.717, 1.165) is 11.8 Å². The largest absolute Gasteiger partial charge is 0.310 e. The third-order valence-corrected chi connectivity index (χ3v) is 5.48. The number of nitrogens with one attached hydrogen (secondary N) is 1. The maximum Gasteiger partial charge on any atom is 0.0214 e. The summed E-state index contributed by atoms with van der Waals surface area (Å²) < 4.78 is 0. The Kier molecular flexibility index (Phi) is 4.64. The molecular formula is C18H23NS. The fourth-order valence-corrected chi connectivity index (χ4v) is 4.36. The Morgan fingerprint density at radius 1 is 1.10 bits per heavy atom. The summed E-state index contributed by atoms with van der Waals surface area (Å²) in [5.74, 6) is 1.25. The van der Waals surface area contributed by atoms with E-state index < -0.39 is 0 Å². The minimum absolute atomic E-state index is 0.706. The van der Waals surface area contributed by atoms with Crippen LogP contribution in [-0.4, -0.2) is 17.0 Å². The topological polar surface area (TPSA) is 12.0 Å². The molecular weight excluding hydrogens is 262 g/mol. The molecule has 3 rings (SSSR count). The summed E-state index contributed by atoms with van der Waals surface area (Å²) in [5.41, 5.74) is 1.43. The summed E-state index contributed by atoms with van der Waals surface area (Å²) in [5, 5.41) is 7.38. The van der Waals surface area contributed by atoms with Crippen molar-refractivity contribution in [2.75, 3.05) is 5.75 Å². The second kappa shape index (κ2) is 6.64. The Labute approximate surface area is 126 Å². The first-order valence-electron chi connectivity index (χ1n) is 7.68. The fraction of sp³-hybridized carbons (Fsp3) is 0.444. The van der Waals surface area contributed by atoms with Gasteiger partial charge in [0, 0.05) is 17.8 Å². The minimum Gasteiger partial charge on any atom is -0.310 e. The van der Waals surface area contributed by atoms with Gasteiger partial charge in [0.2, 0.25) is 0 Å². The molecule has 0 saturated heterocycles. The van der Waals surface area contributed by atoms with Gasteiger partial charge in [0.15, 0.2) is 0 Å². The van der Waals surface area contributed by atoms with E-state index in [9.17, 15) is 0 Å². The lowest BCUT2D eigenvalue weighted by Gasteiger charge is -2.14. The van der Waals surface area contributed by atoms with Crippen LogP contribution in [0, 0.1) is 0 Å². The molecule has 1 N–H and O–H groups in total. The average molecular weight is 285 g/mol. The number of thioether (sulfide) groups is 1. The summed E-state index contributed by atoms with van der Waals surface area (Å²) in [6, 6.07) is 16.0. The zero-order chi connectivity index (χ0) is 13.8. The van der Waals surface area contributed by atoms with E-state index in [1.807, 2.05) is 0 Å². The zero-order valence-electron chi connectivity index (χ0n) is 12.1. The summed E-state index contributed by atoms with van der Waals surface area (Å²) in [4.78, 5) is 0. The van der Waals surface area contributed by atoms with Gasteiger partial charge < -0.3 is 5.32 Å². The van der Waals surface area contributed by atoms with E-state index in [1.165, 1.54) is 41.4 Å². The van der Waals surface area contributed by atoms with Gasteiger partial charge in [-0.05, 0) is 41.4 Å². The highest BCUT2D eigenvalue weighted by Gasteiger charge is 2.23. The van der Waals surface area contributed by atoms with Crippen LogP contribution in [0.2, 0.25) is 0 Å². The van der Waals surface area contributed by atoms with Crippen LogP contribution in [0.25, 0.3) is 10.8 Å². The lowest BCUT2D eigenvalue weighted by molar-refractivity contribution is 0.526.